The molecule has 9 heteroatoms. The topological polar surface area (TPSA) is 78.5 Å². The summed E-state index contributed by atoms with van der Waals surface area (Å²) in [6.45, 7) is 4.44. The number of rotatable bonds is 7. The van der Waals surface area contributed by atoms with Crippen molar-refractivity contribution < 1.29 is 13.2 Å². The van der Waals surface area contributed by atoms with Crippen LogP contribution in [0.2, 0.25) is 0 Å². The highest BCUT2D eigenvalue weighted by Gasteiger charge is 2.39. The van der Waals surface area contributed by atoms with E-state index in [1.165, 1.54) is 15.6 Å². The summed E-state index contributed by atoms with van der Waals surface area (Å²) in [5, 5.41) is 7.65. The van der Waals surface area contributed by atoms with Gasteiger partial charge in [0.05, 0.1) is 0 Å². The van der Waals surface area contributed by atoms with Crippen molar-refractivity contribution in [3.8, 4) is 0 Å². The minimum atomic E-state index is -3.55. The largest absolute Gasteiger partial charge is 0.353 e. The van der Waals surface area contributed by atoms with Crippen LogP contribution in [0.5, 0.6) is 0 Å². The van der Waals surface area contributed by atoms with Gasteiger partial charge in [-0.2, -0.15) is 4.31 Å². The third kappa shape index (κ3) is 4.42. The summed E-state index contributed by atoms with van der Waals surface area (Å²) in [5.41, 5.74) is 0. The molecule has 1 aliphatic heterocycles. The first-order chi connectivity index (χ1) is 10.1. The first kappa shape index (κ1) is 19.4. The second-order valence-electron chi connectivity index (χ2n) is 4.85. The molecular weight excluding hydrogens is 346 g/mol. The molecule has 2 N–H and O–H groups in total. The van der Waals surface area contributed by atoms with Crippen molar-refractivity contribution in [1.82, 2.24) is 14.9 Å². The first-order valence-corrected chi connectivity index (χ1v) is 9.43. The van der Waals surface area contributed by atoms with E-state index in [1.54, 1.807) is 17.5 Å². The van der Waals surface area contributed by atoms with Crippen LogP contribution in [0.4, 0.5) is 0 Å². The maximum Gasteiger partial charge on any atom is 0.253 e. The molecule has 2 heterocycles. The number of thiophene rings is 1. The molecule has 0 saturated carbocycles. The summed E-state index contributed by atoms with van der Waals surface area (Å²) in [7, 11) is -3.55. The number of likely N-dealkylation sites (N-methyl/N-ethyl adjacent to an activating group) is 1. The van der Waals surface area contributed by atoms with Crippen LogP contribution < -0.4 is 10.6 Å². The lowest BCUT2D eigenvalue weighted by atomic mass is 10.2. The molecule has 0 aromatic carbocycles. The van der Waals surface area contributed by atoms with Crippen LogP contribution in [0.1, 0.15) is 19.8 Å². The second-order valence-corrected chi connectivity index (χ2v) is 7.92. The van der Waals surface area contributed by atoms with E-state index in [1.807, 2.05) is 6.92 Å². The maximum atomic E-state index is 12.5. The molecular formula is C13H22ClN3O3S2. The molecule has 1 atom stereocenters. The Labute approximate surface area is 141 Å². The van der Waals surface area contributed by atoms with Gasteiger partial charge in [-0.25, -0.2) is 8.42 Å². The van der Waals surface area contributed by atoms with Gasteiger partial charge in [-0.15, -0.1) is 23.7 Å². The van der Waals surface area contributed by atoms with Gasteiger partial charge in [0, 0.05) is 19.6 Å². The standard InChI is InChI=1S/C13H21N3O3S2.ClH/c1-2-14-7-8-15-13(17)11-5-3-9-16(11)21(18,19)12-6-4-10-20-12;/h4,6,10-11,14H,2-3,5,7-9H2,1H3,(H,15,17);1H. The van der Waals surface area contributed by atoms with Gasteiger partial charge in [0.1, 0.15) is 10.3 Å². The average molecular weight is 368 g/mol. The van der Waals surface area contributed by atoms with E-state index in [0.29, 0.717) is 30.3 Å². The predicted octanol–water partition coefficient (Wildman–Crippen LogP) is 1.05. The van der Waals surface area contributed by atoms with Gasteiger partial charge < -0.3 is 10.6 Å². The fraction of sp³-hybridized carbons (Fsp3) is 0.615. The third-order valence-electron chi connectivity index (χ3n) is 3.42. The zero-order chi connectivity index (χ0) is 15.3. The van der Waals surface area contributed by atoms with E-state index >= 15 is 0 Å². The zero-order valence-electron chi connectivity index (χ0n) is 12.4. The smallest absolute Gasteiger partial charge is 0.253 e. The highest BCUT2D eigenvalue weighted by molar-refractivity contribution is 7.91. The van der Waals surface area contributed by atoms with Crippen molar-refractivity contribution in [2.75, 3.05) is 26.2 Å². The number of sulfonamides is 1. The van der Waals surface area contributed by atoms with Crippen LogP contribution in [0, 0.1) is 0 Å². The number of hydrogen-bond acceptors (Lipinski definition) is 5. The lowest BCUT2D eigenvalue weighted by Crippen LogP contribution is -2.47. The van der Waals surface area contributed by atoms with Gasteiger partial charge in [-0.3, -0.25) is 4.79 Å². The highest BCUT2D eigenvalue weighted by Crippen LogP contribution is 2.28. The monoisotopic (exact) mass is 367 g/mol. The van der Waals surface area contributed by atoms with Gasteiger partial charge in [0.15, 0.2) is 0 Å². The molecule has 22 heavy (non-hydrogen) atoms. The van der Waals surface area contributed by atoms with Crippen LogP contribution >= 0.6 is 23.7 Å². The Kier molecular flexibility index (Phi) is 7.78. The van der Waals surface area contributed by atoms with Crippen molar-refractivity contribution >= 4 is 39.7 Å². The molecule has 0 radical (unpaired) electrons. The number of nitrogens with zero attached hydrogens (tertiary/aromatic N) is 1. The number of carbonyl (C=O) groups excluding carboxylic acids is 1. The molecule has 0 aliphatic carbocycles. The molecule has 126 valence electrons. The summed E-state index contributed by atoms with van der Waals surface area (Å²) in [4.78, 5) is 12.2. The van der Waals surface area contributed by atoms with Gasteiger partial charge in [-0.05, 0) is 30.8 Å². The first-order valence-electron chi connectivity index (χ1n) is 7.11. The molecule has 1 aliphatic rings. The quantitative estimate of drug-likeness (QED) is 0.706. The van der Waals surface area contributed by atoms with Crippen molar-refractivity contribution in [2.24, 2.45) is 0 Å². The number of nitrogens with one attached hydrogen (secondary N) is 2. The number of halogens is 1. The Morgan fingerprint density at radius 1 is 1.45 bits per heavy atom. The van der Waals surface area contributed by atoms with E-state index < -0.39 is 16.1 Å². The molecule has 1 aromatic rings. The van der Waals surface area contributed by atoms with Crippen molar-refractivity contribution in [2.45, 2.75) is 30.0 Å². The fourth-order valence-electron chi connectivity index (χ4n) is 2.38. The van der Waals surface area contributed by atoms with Crippen molar-refractivity contribution in [1.29, 1.82) is 0 Å². The molecule has 1 saturated heterocycles. The number of amides is 1. The predicted molar refractivity (Wildman–Crippen MR) is 90.0 cm³/mol. The Balaban J connectivity index is 0.00000242. The Bertz CT molecular complexity index is 563. The molecule has 0 spiro atoms. The second kappa shape index (κ2) is 8.83. The number of hydrogen-bond donors (Lipinski definition) is 2. The van der Waals surface area contributed by atoms with Crippen molar-refractivity contribution in [3.05, 3.63) is 17.5 Å². The van der Waals surface area contributed by atoms with Crippen LogP contribution in [0.15, 0.2) is 21.7 Å². The van der Waals surface area contributed by atoms with Crippen LogP contribution in [-0.4, -0.2) is 50.9 Å². The normalized spacial score (nSPS) is 18.9. The van der Waals surface area contributed by atoms with Crippen LogP contribution in [0.3, 0.4) is 0 Å². The summed E-state index contributed by atoms with van der Waals surface area (Å²) < 4.78 is 26.7. The van der Waals surface area contributed by atoms with E-state index in [0.717, 1.165) is 13.0 Å². The Hall–Kier alpha value is -0.670. The lowest BCUT2D eigenvalue weighted by molar-refractivity contribution is -0.124. The molecule has 1 aromatic heterocycles. The summed E-state index contributed by atoms with van der Waals surface area (Å²) in [5.74, 6) is -0.203. The van der Waals surface area contributed by atoms with E-state index in [9.17, 15) is 13.2 Å². The molecule has 1 amide bonds. The van der Waals surface area contributed by atoms with Crippen LogP contribution in [0.25, 0.3) is 0 Å². The zero-order valence-corrected chi connectivity index (χ0v) is 14.9. The van der Waals surface area contributed by atoms with Crippen molar-refractivity contribution in [3.63, 3.8) is 0 Å². The average Bonchev–Trinajstić information content (AvgIpc) is 3.13. The minimum absolute atomic E-state index is 0. The lowest BCUT2D eigenvalue weighted by Gasteiger charge is -2.22. The summed E-state index contributed by atoms with van der Waals surface area (Å²) >= 11 is 1.18. The summed E-state index contributed by atoms with van der Waals surface area (Å²) in [6, 6.07) is 2.70. The third-order valence-corrected chi connectivity index (χ3v) is 6.70. The molecule has 0 bridgehead atoms. The Morgan fingerprint density at radius 3 is 2.86 bits per heavy atom. The van der Waals surface area contributed by atoms with E-state index in [4.69, 9.17) is 0 Å². The minimum Gasteiger partial charge on any atom is -0.353 e. The highest BCUT2D eigenvalue weighted by atomic mass is 35.5. The molecule has 1 unspecified atom stereocenters. The number of carbonyl (C=O) groups is 1. The Morgan fingerprint density at radius 2 is 2.23 bits per heavy atom. The van der Waals surface area contributed by atoms with Crippen LogP contribution in [-0.2, 0) is 14.8 Å². The van der Waals surface area contributed by atoms with E-state index in [2.05, 4.69) is 10.6 Å². The SMILES string of the molecule is CCNCCNC(=O)C1CCCN1S(=O)(=O)c1cccs1.Cl. The van der Waals surface area contributed by atoms with Gasteiger partial charge in [-0.1, -0.05) is 13.0 Å². The molecule has 6 nitrogen and oxygen atoms in total. The molecule has 2 rings (SSSR count). The van der Waals surface area contributed by atoms with Gasteiger partial charge >= 0.3 is 0 Å². The summed E-state index contributed by atoms with van der Waals surface area (Å²) in [6.07, 6.45) is 1.30. The van der Waals surface area contributed by atoms with Gasteiger partial charge in [0.2, 0.25) is 5.91 Å². The van der Waals surface area contributed by atoms with E-state index in [-0.39, 0.29) is 18.3 Å². The molecule has 1 fully saturated rings. The van der Waals surface area contributed by atoms with Gasteiger partial charge in [0.25, 0.3) is 10.0 Å². The fourth-order valence-corrected chi connectivity index (χ4v) is 5.16. The maximum absolute atomic E-state index is 12.5.